The fourth-order valence-electron chi connectivity index (χ4n) is 4.20. The van der Waals surface area contributed by atoms with Gasteiger partial charge >= 0.3 is 0 Å². The Kier molecular flexibility index (Phi) is 5.83. The Morgan fingerprint density at radius 1 is 1.03 bits per heavy atom. The van der Waals surface area contributed by atoms with Crippen LogP contribution < -0.4 is 5.32 Å². The van der Waals surface area contributed by atoms with Crippen molar-refractivity contribution >= 4 is 22.4 Å². The van der Waals surface area contributed by atoms with Gasteiger partial charge in [-0.05, 0) is 62.6 Å². The summed E-state index contributed by atoms with van der Waals surface area (Å²) in [5, 5.41) is 9.65. The predicted molar refractivity (Wildman–Crippen MR) is 128 cm³/mol. The van der Waals surface area contributed by atoms with E-state index in [-0.39, 0.29) is 12.2 Å². The molecule has 0 spiro atoms. The lowest BCUT2D eigenvalue weighted by atomic mass is 10.0. The summed E-state index contributed by atoms with van der Waals surface area (Å²) >= 11 is 0. The lowest BCUT2D eigenvalue weighted by Crippen LogP contribution is -2.36. The van der Waals surface area contributed by atoms with Crippen LogP contribution in [0.15, 0.2) is 55.2 Å². The van der Waals surface area contributed by atoms with Gasteiger partial charge in [0.05, 0.1) is 18.3 Å². The molecular weight excluding hydrogens is 414 g/mol. The van der Waals surface area contributed by atoms with E-state index in [0.717, 1.165) is 59.5 Å². The molecule has 33 heavy (non-hydrogen) atoms. The summed E-state index contributed by atoms with van der Waals surface area (Å²) in [5.74, 6) is 0.784. The quantitative estimate of drug-likeness (QED) is 0.459. The highest BCUT2D eigenvalue weighted by atomic mass is 16.1. The Labute approximate surface area is 192 Å². The highest BCUT2D eigenvalue weighted by Gasteiger charge is 2.17. The van der Waals surface area contributed by atoms with E-state index in [0.29, 0.717) is 11.6 Å². The van der Waals surface area contributed by atoms with Crippen molar-refractivity contribution in [3.05, 3.63) is 66.5 Å². The molecule has 5 heterocycles. The summed E-state index contributed by atoms with van der Waals surface area (Å²) in [6.45, 7) is 2.14. The number of nitrogens with zero attached hydrogens (tertiary/aromatic N) is 6. The average Bonchev–Trinajstić information content (AvgIpc) is 3.26. The standard InChI is InChI=1S/C25H27N7O/c1-31-7-4-21(5-8-31)30-25-11-17(3-6-26-25)24(33)12-22-9-18-10-23(20-15-29-32(2)16-20)28-14-19(18)13-27-22/h3,6,9-11,13-16,21H,4-5,7-8,12H2,1-2H3,(H,26,30). The van der Waals surface area contributed by atoms with Gasteiger partial charge in [-0.1, -0.05) is 0 Å². The zero-order valence-corrected chi connectivity index (χ0v) is 18.9. The van der Waals surface area contributed by atoms with Crippen LogP contribution in [0.25, 0.3) is 22.0 Å². The monoisotopic (exact) mass is 441 g/mol. The number of ketones is 1. The van der Waals surface area contributed by atoms with E-state index in [1.165, 1.54) is 0 Å². The van der Waals surface area contributed by atoms with E-state index in [9.17, 15) is 4.79 Å². The molecule has 4 aromatic heterocycles. The van der Waals surface area contributed by atoms with Crippen molar-refractivity contribution in [1.29, 1.82) is 0 Å². The molecule has 4 aromatic rings. The minimum atomic E-state index is 0.0252. The van der Waals surface area contributed by atoms with Crippen LogP contribution in [0.3, 0.4) is 0 Å². The lowest BCUT2D eigenvalue weighted by molar-refractivity contribution is 0.0992. The second-order valence-electron chi connectivity index (χ2n) is 8.75. The minimum Gasteiger partial charge on any atom is -0.367 e. The minimum absolute atomic E-state index is 0.0252. The van der Waals surface area contributed by atoms with Gasteiger partial charge in [-0.2, -0.15) is 5.10 Å². The lowest BCUT2D eigenvalue weighted by Gasteiger charge is -2.29. The van der Waals surface area contributed by atoms with Gasteiger partial charge < -0.3 is 10.2 Å². The first-order valence-corrected chi connectivity index (χ1v) is 11.2. The maximum atomic E-state index is 13.0. The third-order valence-corrected chi connectivity index (χ3v) is 6.15. The van der Waals surface area contributed by atoms with Crippen molar-refractivity contribution in [3.8, 4) is 11.3 Å². The van der Waals surface area contributed by atoms with Crippen LogP contribution in [0.4, 0.5) is 5.82 Å². The molecule has 8 heteroatoms. The Bertz CT molecular complexity index is 1290. The van der Waals surface area contributed by atoms with Gasteiger partial charge in [-0.15, -0.1) is 0 Å². The molecule has 0 atom stereocenters. The first kappa shape index (κ1) is 21.2. The maximum Gasteiger partial charge on any atom is 0.169 e. The number of likely N-dealkylation sites (tertiary alicyclic amines) is 1. The number of hydrogen-bond donors (Lipinski definition) is 1. The van der Waals surface area contributed by atoms with E-state index in [4.69, 9.17) is 0 Å². The van der Waals surface area contributed by atoms with Crippen LogP contribution in [-0.4, -0.2) is 61.6 Å². The molecule has 8 nitrogen and oxygen atoms in total. The molecule has 0 unspecified atom stereocenters. The summed E-state index contributed by atoms with van der Waals surface area (Å²) in [4.78, 5) is 28.8. The number of hydrogen-bond acceptors (Lipinski definition) is 7. The van der Waals surface area contributed by atoms with Gasteiger partial charge in [-0.25, -0.2) is 4.98 Å². The van der Waals surface area contributed by atoms with Crippen molar-refractivity contribution in [2.75, 3.05) is 25.5 Å². The number of pyridine rings is 3. The van der Waals surface area contributed by atoms with Crippen LogP contribution >= 0.6 is 0 Å². The molecule has 0 bridgehead atoms. The van der Waals surface area contributed by atoms with Crippen LogP contribution in [0.5, 0.6) is 0 Å². The molecule has 0 aromatic carbocycles. The Balaban J connectivity index is 1.31. The normalized spacial score (nSPS) is 15.1. The Morgan fingerprint density at radius 3 is 2.64 bits per heavy atom. The summed E-state index contributed by atoms with van der Waals surface area (Å²) in [7, 11) is 4.02. The van der Waals surface area contributed by atoms with E-state index in [1.807, 2.05) is 31.4 Å². The zero-order chi connectivity index (χ0) is 22.8. The van der Waals surface area contributed by atoms with Crippen molar-refractivity contribution in [2.45, 2.75) is 25.3 Å². The van der Waals surface area contributed by atoms with Gasteiger partial charge in [0.1, 0.15) is 5.82 Å². The molecule has 0 aliphatic carbocycles. The van der Waals surface area contributed by atoms with Crippen molar-refractivity contribution in [1.82, 2.24) is 29.6 Å². The molecule has 1 aliphatic rings. The summed E-state index contributed by atoms with van der Waals surface area (Å²) in [6.07, 6.45) is 11.4. The molecule has 0 amide bonds. The van der Waals surface area contributed by atoms with E-state index in [1.54, 1.807) is 35.5 Å². The molecule has 168 valence electrons. The van der Waals surface area contributed by atoms with Crippen molar-refractivity contribution in [3.63, 3.8) is 0 Å². The number of aromatic nitrogens is 5. The number of carbonyl (C=O) groups excluding carboxylic acids is 1. The second kappa shape index (κ2) is 9.07. The third kappa shape index (κ3) is 4.90. The fraction of sp³-hybridized carbons (Fsp3) is 0.320. The Hall–Kier alpha value is -3.65. The number of piperidine rings is 1. The number of nitrogens with one attached hydrogen (secondary N) is 1. The zero-order valence-electron chi connectivity index (χ0n) is 18.9. The van der Waals surface area contributed by atoms with Crippen LogP contribution in [-0.2, 0) is 13.5 Å². The summed E-state index contributed by atoms with van der Waals surface area (Å²) < 4.78 is 1.75. The first-order chi connectivity index (χ1) is 16.0. The molecule has 1 saturated heterocycles. The number of Topliss-reactive ketones (excluding diaryl/α,β-unsaturated/α-hetero) is 1. The molecule has 1 aliphatic heterocycles. The Morgan fingerprint density at radius 2 is 1.85 bits per heavy atom. The fourth-order valence-corrected chi connectivity index (χ4v) is 4.20. The molecule has 1 N–H and O–H groups in total. The van der Waals surface area contributed by atoms with Gasteiger partial charge in [-0.3, -0.25) is 19.4 Å². The largest absolute Gasteiger partial charge is 0.367 e. The number of rotatable bonds is 6. The van der Waals surface area contributed by atoms with E-state index < -0.39 is 0 Å². The number of aryl methyl sites for hydroxylation is 1. The SMILES string of the molecule is CN1CCC(Nc2cc(C(=O)Cc3cc4cc(-c5cnn(C)c5)ncc4cn3)ccn2)CC1. The highest BCUT2D eigenvalue weighted by Crippen LogP contribution is 2.22. The number of carbonyl (C=O) groups is 1. The molecule has 0 saturated carbocycles. The van der Waals surface area contributed by atoms with Crippen molar-refractivity contribution in [2.24, 2.45) is 7.05 Å². The van der Waals surface area contributed by atoms with Gasteiger partial charge in [0.15, 0.2) is 5.78 Å². The van der Waals surface area contributed by atoms with Crippen molar-refractivity contribution < 1.29 is 4.79 Å². The average molecular weight is 442 g/mol. The topological polar surface area (TPSA) is 88.8 Å². The van der Waals surface area contributed by atoms with Crippen LogP contribution in [0.2, 0.25) is 0 Å². The molecule has 1 fully saturated rings. The molecule has 5 rings (SSSR count). The highest BCUT2D eigenvalue weighted by molar-refractivity contribution is 5.98. The van der Waals surface area contributed by atoms with Crippen LogP contribution in [0, 0.1) is 0 Å². The smallest absolute Gasteiger partial charge is 0.169 e. The maximum absolute atomic E-state index is 13.0. The number of anilines is 1. The first-order valence-electron chi connectivity index (χ1n) is 11.2. The second-order valence-corrected chi connectivity index (χ2v) is 8.75. The molecule has 0 radical (unpaired) electrons. The van der Waals surface area contributed by atoms with Gasteiger partial charge in [0.25, 0.3) is 0 Å². The van der Waals surface area contributed by atoms with Gasteiger partial charge in [0, 0.05) is 60.1 Å². The van der Waals surface area contributed by atoms with Crippen LogP contribution in [0.1, 0.15) is 28.9 Å². The third-order valence-electron chi connectivity index (χ3n) is 6.15. The number of fused-ring (bicyclic) bond motifs is 1. The van der Waals surface area contributed by atoms with E-state index >= 15 is 0 Å². The van der Waals surface area contributed by atoms with E-state index in [2.05, 4.69) is 37.3 Å². The summed E-state index contributed by atoms with van der Waals surface area (Å²) in [6, 6.07) is 8.00. The summed E-state index contributed by atoms with van der Waals surface area (Å²) in [5.41, 5.74) is 3.18. The predicted octanol–water partition coefficient (Wildman–Crippen LogP) is 3.36. The van der Waals surface area contributed by atoms with Gasteiger partial charge in [0.2, 0.25) is 0 Å². The molecular formula is C25H27N7O.